The second-order valence-corrected chi connectivity index (χ2v) is 4.72. The molecule has 106 valence electrons. The highest BCUT2D eigenvalue weighted by molar-refractivity contribution is 5.86. The molecule has 1 atom stereocenters. The maximum absolute atomic E-state index is 10.8. The molecule has 0 saturated carbocycles. The fourth-order valence-electron chi connectivity index (χ4n) is 2.55. The van der Waals surface area contributed by atoms with Crippen LogP contribution in [0.4, 0.5) is 5.88 Å². The molecule has 0 fully saturated rings. The molecule has 3 rings (SSSR count). The standard InChI is InChI=1S/C16H14N2O3/c1-17-16(14-9-10-15(21-14)18(19)20)13-8-4-6-11-5-2-3-7-12(11)13/h2-10,16-17H,1H3. The van der Waals surface area contributed by atoms with Gasteiger partial charge in [0, 0.05) is 0 Å². The van der Waals surface area contributed by atoms with Gasteiger partial charge >= 0.3 is 5.88 Å². The SMILES string of the molecule is CNC(c1ccc([N+](=O)[O-])o1)c1cccc2ccccc12. The van der Waals surface area contributed by atoms with Crippen LogP contribution < -0.4 is 5.32 Å². The molecular formula is C16H14N2O3. The second-order valence-electron chi connectivity index (χ2n) is 4.72. The van der Waals surface area contributed by atoms with E-state index in [9.17, 15) is 10.1 Å². The summed E-state index contributed by atoms with van der Waals surface area (Å²) < 4.78 is 5.34. The number of nitro groups is 1. The summed E-state index contributed by atoms with van der Waals surface area (Å²) in [5, 5.41) is 16.1. The van der Waals surface area contributed by atoms with Gasteiger partial charge in [-0.05, 0) is 29.4 Å². The molecule has 0 radical (unpaired) electrons. The van der Waals surface area contributed by atoms with Crippen LogP contribution in [0.15, 0.2) is 59.0 Å². The lowest BCUT2D eigenvalue weighted by molar-refractivity contribution is -0.402. The normalized spacial score (nSPS) is 12.4. The first-order chi connectivity index (χ1) is 10.2. The summed E-state index contributed by atoms with van der Waals surface area (Å²) in [5.74, 6) is 0.283. The molecule has 1 aromatic heterocycles. The Hall–Kier alpha value is -2.66. The van der Waals surface area contributed by atoms with Crippen molar-refractivity contribution in [2.75, 3.05) is 7.05 Å². The van der Waals surface area contributed by atoms with Crippen LogP contribution in [0, 0.1) is 10.1 Å². The van der Waals surface area contributed by atoms with E-state index in [1.165, 1.54) is 6.07 Å². The summed E-state index contributed by atoms with van der Waals surface area (Å²) >= 11 is 0. The minimum absolute atomic E-state index is 0.232. The van der Waals surface area contributed by atoms with Gasteiger partial charge in [0.15, 0.2) is 0 Å². The average molecular weight is 282 g/mol. The molecule has 21 heavy (non-hydrogen) atoms. The average Bonchev–Trinajstić information content (AvgIpc) is 2.98. The van der Waals surface area contributed by atoms with E-state index in [1.54, 1.807) is 13.1 Å². The maximum Gasteiger partial charge on any atom is 0.433 e. The van der Waals surface area contributed by atoms with E-state index < -0.39 is 4.92 Å². The highest BCUT2D eigenvalue weighted by Crippen LogP contribution is 2.31. The molecule has 0 spiro atoms. The van der Waals surface area contributed by atoms with E-state index in [0.717, 1.165) is 16.3 Å². The van der Waals surface area contributed by atoms with Gasteiger partial charge in [0.2, 0.25) is 0 Å². The number of hydrogen-bond acceptors (Lipinski definition) is 4. The van der Waals surface area contributed by atoms with Gasteiger partial charge < -0.3 is 9.73 Å². The fraction of sp³-hybridized carbons (Fsp3) is 0.125. The van der Waals surface area contributed by atoms with Gasteiger partial charge in [-0.1, -0.05) is 42.5 Å². The Labute approximate surface area is 121 Å². The smallest absolute Gasteiger partial charge is 0.404 e. The molecule has 2 aromatic carbocycles. The molecule has 0 aliphatic rings. The topological polar surface area (TPSA) is 68.3 Å². The summed E-state index contributed by atoms with van der Waals surface area (Å²) in [6.07, 6.45) is 0. The number of rotatable bonds is 4. The lowest BCUT2D eigenvalue weighted by atomic mass is 9.97. The summed E-state index contributed by atoms with van der Waals surface area (Å²) in [4.78, 5) is 10.2. The first kappa shape index (κ1) is 13.3. The molecule has 0 saturated heterocycles. The first-order valence-corrected chi connectivity index (χ1v) is 6.60. The van der Waals surface area contributed by atoms with Crippen LogP contribution in [0.3, 0.4) is 0 Å². The van der Waals surface area contributed by atoms with Gasteiger partial charge in [0.05, 0.1) is 12.1 Å². The fourth-order valence-corrected chi connectivity index (χ4v) is 2.55. The van der Waals surface area contributed by atoms with E-state index >= 15 is 0 Å². The summed E-state index contributed by atoms with van der Waals surface area (Å²) in [6, 6.07) is 16.8. The van der Waals surface area contributed by atoms with Crippen molar-refractivity contribution in [1.82, 2.24) is 5.32 Å². The van der Waals surface area contributed by atoms with Crippen LogP contribution in [0.5, 0.6) is 0 Å². The monoisotopic (exact) mass is 282 g/mol. The summed E-state index contributed by atoms with van der Waals surface area (Å²) in [5.41, 5.74) is 1.03. The Balaban J connectivity index is 2.11. The van der Waals surface area contributed by atoms with Crippen molar-refractivity contribution in [2.45, 2.75) is 6.04 Å². The van der Waals surface area contributed by atoms with Crippen LogP contribution in [0.1, 0.15) is 17.4 Å². The number of nitrogens with one attached hydrogen (secondary N) is 1. The molecule has 0 amide bonds. The van der Waals surface area contributed by atoms with Crippen molar-refractivity contribution >= 4 is 16.7 Å². The highest BCUT2D eigenvalue weighted by Gasteiger charge is 2.21. The maximum atomic E-state index is 10.8. The Morgan fingerprint density at radius 3 is 2.57 bits per heavy atom. The van der Waals surface area contributed by atoms with Gasteiger partial charge in [-0.25, -0.2) is 0 Å². The number of benzene rings is 2. The molecule has 1 unspecified atom stereocenters. The van der Waals surface area contributed by atoms with Gasteiger partial charge in [0.1, 0.15) is 10.7 Å². The lowest BCUT2D eigenvalue weighted by Gasteiger charge is -2.16. The van der Waals surface area contributed by atoms with Crippen molar-refractivity contribution in [3.8, 4) is 0 Å². The zero-order valence-corrected chi connectivity index (χ0v) is 11.4. The third-order valence-electron chi connectivity index (χ3n) is 3.50. The lowest BCUT2D eigenvalue weighted by Crippen LogP contribution is -2.17. The van der Waals surface area contributed by atoms with Crippen molar-refractivity contribution < 1.29 is 9.34 Å². The number of fused-ring (bicyclic) bond motifs is 1. The van der Waals surface area contributed by atoms with Crippen molar-refractivity contribution in [2.24, 2.45) is 0 Å². The van der Waals surface area contributed by atoms with E-state index in [-0.39, 0.29) is 11.9 Å². The molecule has 5 heteroatoms. The Bertz CT molecular complexity index is 790. The van der Waals surface area contributed by atoms with Crippen LogP contribution in [0.25, 0.3) is 10.8 Å². The van der Waals surface area contributed by atoms with E-state index in [2.05, 4.69) is 5.32 Å². The molecular weight excluding hydrogens is 268 g/mol. The van der Waals surface area contributed by atoms with Gasteiger partial charge in [-0.2, -0.15) is 0 Å². The van der Waals surface area contributed by atoms with Gasteiger partial charge in [-0.15, -0.1) is 0 Å². The Morgan fingerprint density at radius 1 is 1.10 bits per heavy atom. The quantitative estimate of drug-likeness (QED) is 0.586. The van der Waals surface area contributed by atoms with Gasteiger partial charge in [-0.3, -0.25) is 10.1 Å². The molecule has 0 bridgehead atoms. The first-order valence-electron chi connectivity index (χ1n) is 6.60. The zero-order chi connectivity index (χ0) is 14.8. The van der Waals surface area contributed by atoms with Crippen molar-refractivity contribution in [3.63, 3.8) is 0 Å². The van der Waals surface area contributed by atoms with Crippen LogP contribution in [0.2, 0.25) is 0 Å². The summed E-state index contributed by atoms with van der Waals surface area (Å²) in [6.45, 7) is 0. The Morgan fingerprint density at radius 2 is 1.86 bits per heavy atom. The third-order valence-corrected chi connectivity index (χ3v) is 3.50. The molecule has 5 nitrogen and oxygen atoms in total. The van der Waals surface area contributed by atoms with Gasteiger partial charge in [0.25, 0.3) is 0 Å². The Kier molecular flexibility index (Phi) is 3.41. The van der Waals surface area contributed by atoms with E-state index in [1.807, 2.05) is 42.5 Å². The molecule has 1 heterocycles. The molecule has 1 N–H and O–H groups in total. The predicted octanol–water partition coefficient (Wildman–Crippen LogP) is 3.65. The number of nitrogens with zero attached hydrogens (tertiary/aromatic N) is 1. The zero-order valence-electron chi connectivity index (χ0n) is 11.4. The largest absolute Gasteiger partial charge is 0.433 e. The van der Waals surface area contributed by atoms with Crippen LogP contribution in [-0.2, 0) is 0 Å². The molecule has 0 aliphatic carbocycles. The van der Waals surface area contributed by atoms with Crippen molar-refractivity contribution in [1.29, 1.82) is 0 Å². The predicted molar refractivity (Wildman–Crippen MR) is 80.2 cm³/mol. The minimum atomic E-state index is -0.528. The van der Waals surface area contributed by atoms with E-state index in [0.29, 0.717) is 5.76 Å². The van der Waals surface area contributed by atoms with Crippen molar-refractivity contribution in [3.05, 3.63) is 76.0 Å². The van der Waals surface area contributed by atoms with E-state index in [4.69, 9.17) is 4.42 Å². The minimum Gasteiger partial charge on any atom is -0.404 e. The second kappa shape index (κ2) is 5.38. The van der Waals surface area contributed by atoms with Crippen LogP contribution >= 0.6 is 0 Å². The molecule has 3 aromatic rings. The number of furan rings is 1. The molecule has 0 aliphatic heterocycles. The highest BCUT2D eigenvalue weighted by atomic mass is 16.6. The van der Waals surface area contributed by atoms with Crippen LogP contribution in [-0.4, -0.2) is 12.0 Å². The summed E-state index contributed by atoms with van der Waals surface area (Å²) in [7, 11) is 1.81. The number of hydrogen-bond donors (Lipinski definition) is 1. The third kappa shape index (κ3) is 2.39.